The zero-order valence-corrected chi connectivity index (χ0v) is 27.8. The summed E-state index contributed by atoms with van der Waals surface area (Å²) in [6.45, 7) is 5.92. The minimum absolute atomic E-state index is 0.000533. The molecule has 0 saturated carbocycles. The van der Waals surface area contributed by atoms with Gasteiger partial charge in [0, 0.05) is 55.0 Å². The van der Waals surface area contributed by atoms with Gasteiger partial charge in [0.15, 0.2) is 5.82 Å². The fourth-order valence-corrected chi connectivity index (χ4v) is 8.35. The van der Waals surface area contributed by atoms with Crippen LogP contribution in [0.5, 0.6) is 6.01 Å². The van der Waals surface area contributed by atoms with Gasteiger partial charge >= 0.3 is 6.01 Å². The second kappa shape index (κ2) is 13.6. The summed E-state index contributed by atoms with van der Waals surface area (Å²) < 4.78 is 78.6. The van der Waals surface area contributed by atoms with E-state index < -0.39 is 35.5 Å². The number of halogens is 6. The highest BCUT2D eigenvalue weighted by atomic mass is 35.5. The minimum atomic E-state index is -1.84. The first-order valence-corrected chi connectivity index (χ1v) is 16.9. The molecule has 3 N–H and O–H groups in total. The average molecular weight is 706 g/mol. The van der Waals surface area contributed by atoms with Crippen LogP contribution in [0.4, 0.5) is 32.8 Å². The highest BCUT2D eigenvalue weighted by Gasteiger charge is 2.49. The molecule has 3 aliphatic rings. The molecule has 7 rings (SSSR count). The summed E-state index contributed by atoms with van der Waals surface area (Å²) in [6.07, 6.45) is -0.103. The van der Waals surface area contributed by atoms with Gasteiger partial charge in [0.2, 0.25) is 0 Å². The first-order chi connectivity index (χ1) is 23.1. The van der Waals surface area contributed by atoms with E-state index in [-0.39, 0.29) is 72.7 Å². The fraction of sp³-hybridized carbons (Fsp3) is 0.424. The summed E-state index contributed by atoms with van der Waals surface area (Å²) in [5.41, 5.74) is 5.35. The van der Waals surface area contributed by atoms with Crippen LogP contribution in [-0.2, 0) is 0 Å². The molecule has 2 unspecified atom stereocenters. The number of piperazine rings is 1. The Morgan fingerprint density at radius 3 is 2.79 bits per heavy atom. The van der Waals surface area contributed by atoms with Gasteiger partial charge in [-0.15, -0.1) is 11.3 Å². The van der Waals surface area contributed by atoms with E-state index in [1.807, 2.05) is 19.9 Å². The van der Waals surface area contributed by atoms with Crippen LogP contribution < -0.4 is 20.7 Å². The van der Waals surface area contributed by atoms with E-state index in [1.165, 1.54) is 12.1 Å². The maximum absolute atomic E-state index is 16.8. The number of hydrogen-bond acceptors (Lipinski definition) is 9. The number of rotatable bonds is 6. The normalized spacial score (nSPS) is 22.4. The fourth-order valence-electron chi connectivity index (χ4n) is 7.10. The molecule has 3 atom stereocenters. The van der Waals surface area contributed by atoms with E-state index in [2.05, 4.69) is 20.2 Å². The third-order valence-corrected chi connectivity index (χ3v) is 10.4. The van der Waals surface area contributed by atoms with Gasteiger partial charge in [0.1, 0.15) is 41.0 Å². The predicted molar refractivity (Wildman–Crippen MR) is 179 cm³/mol. The monoisotopic (exact) mass is 705 g/mol. The molecule has 3 fully saturated rings. The van der Waals surface area contributed by atoms with E-state index in [9.17, 15) is 22.8 Å². The summed E-state index contributed by atoms with van der Waals surface area (Å²) in [7, 11) is 0. The van der Waals surface area contributed by atoms with Crippen molar-refractivity contribution in [2.45, 2.75) is 50.9 Å². The van der Waals surface area contributed by atoms with Gasteiger partial charge < -0.3 is 20.7 Å². The van der Waals surface area contributed by atoms with Crippen LogP contribution in [0.15, 0.2) is 30.4 Å². The third-order valence-electron chi connectivity index (χ3n) is 9.10. The highest BCUT2D eigenvalue weighted by Crippen LogP contribution is 2.46. The number of aromatic nitrogens is 2. The largest absolute Gasteiger partial charge is 0.461 e. The molecule has 8 nitrogen and oxygen atoms in total. The number of thiophene rings is 1. The number of alkyl halides is 1. The minimum Gasteiger partial charge on any atom is -0.461 e. The second-order valence-electron chi connectivity index (χ2n) is 11.9. The zero-order valence-electron chi connectivity index (χ0n) is 26.2. The molecular formula is C33H33ClF5N7OS. The van der Waals surface area contributed by atoms with Crippen molar-refractivity contribution in [3.63, 3.8) is 0 Å². The Kier molecular flexibility index (Phi) is 9.68. The van der Waals surface area contributed by atoms with Crippen LogP contribution in [0.3, 0.4) is 0 Å². The Morgan fingerprint density at radius 1 is 1.25 bits per heavy atom. The molecular weight excluding hydrogens is 673 g/mol. The zero-order chi connectivity index (χ0) is 34.3. The molecule has 0 aliphatic carbocycles. The van der Waals surface area contributed by atoms with Crippen molar-refractivity contribution in [3.05, 3.63) is 52.6 Å². The van der Waals surface area contributed by atoms with Crippen LogP contribution in [0.25, 0.3) is 32.1 Å². The first kappa shape index (κ1) is 34.1. The summed E-state index contributed by atoms with van der Waals surface area (Å²) in [4.78, 5) is 12.9. The van der Waals surface area contributed by atoms with Crippen LogP contribution in [0.2, 0.25) is 5.02 Å². The molecule has 254 valence electrons. The van der Waals surface area contributed by atoms with E-state index >= 15 is 4.39 Å². The van der Waals surface area contributed by atoms with E-state index in [0.29, 0.717) is 26.1 Å². The number of nitrogen functional groups attached to an aromatic ring is 1. The number of nitrogens with zero attached hydrogens (tertiary/aromatic N) is 5. The molecule has 2 aromatic heterocycles. The Hall–Kier alpha value is -3.77. The molecule has 2 aromatic carbocycles. The molecule has 15 heteroatoms. The summed E-state index contributed by atoms with van der Waals surface area (Å²) in [5.74, 6) is -1.27. The number of ether oxygens (including phenoxy) is 1. The van der Waals surface area contributed by atoms with Crippen LogP contribution in [0.1, 0.15) is 38.7 Å². The Labute approximate surface area is 282 Å². The number of benzene rings is 2. The summed E-state index contributed by atoms with van der Waals surface area (Å²) in [6, 6.07) is 5.06. The standard InChI is InChI=1S/C31H27ClF5N7OS.C2H6/c32-20-9-18-26(25(37)24(20)17-2-3-21(34)27-23(17)19(11-38)28(39)46-27)41-30(45-14-31-4-1-6-44(31)12-15(33)10-31)42-29(18)43-7-5-40-16(13-43)8-22(35)36;1-2/h2-3,8-9,15-16,40H,1,4-7,10,12-14,39H2;1-2H3/t15-,16?,31?;/m1./s1. The van der Waals surface area contributed by atoms with Crippen molar-refractivity contribution in [1.29, 1.82) is 5.26 Å². The van der Waals surface area contributed by atoms with Crippen molar-refractivity contribution in [3.8, 4) is 23.2 Å². The Bertz CT molecular complexity index is 1950. The van der Waals surface area contributed by atoms with Gasteiger partial charge in [-0.1, -0.05) is 31.5 Å². The van der Waals surface area contributed by atoms with E-state index in [1.54, 1.807) is 4.90 Å². The van der Waals surface area contributed by atoms with Gasteiger partial charge in [-0.3, -0.25) is 4.90 Å². The van der Waals surface area contributed by atoms with Gasteiger partial charge in [-0.2, -0.15) is 24.0 Å². The number of fused-ring (bicyclic) bond motifs is 3. The quantitative estimate of drug-likeness (QED) is 0.200. The van der Waals surface area contributed by atoms with Crippen molar-refractivity contribution >= 4 is 54.7 Å². The predicted octanol–water partition coefficient (Wildman–Crippen LogP) is 7.44. The maximum atomic E-state index is 16.8. The van der Waals surface area contributed by atoms with Crippen LogP contribution >= 0.6 is 22.9 Å². The van der Waals surface area contributed by atoms with Gasteiger partial charge in [-0.05, 0) is 43.2 Å². The number of nitrogens with two attached hydrogens (primary N) is 1. The molecule has 0 bridgehead atoms. The van der Waals surface area contributed by atoms with Crippen LogP contribution in [0, 0.1) is 23.0 Å². The second-order valence-corrected chi connectivity index (χ2v) is 13.3. The van der Waals surface area contributed by atoms with Crippen molar-refractivity contribution in [2.75, 3.05) is 50.0 Å². The molecule has 3 saturated heterocycles. The number of hydrogen-bond donors (Lipinski definition) is 2. The molecule has 5 heterocycles. The summed E-state index contributed by atoms with van der Waals surface area (Å²) in [5, 5.41) is 13.2. The number of anilines is 2. The lowest BCUT2D eigenvalue weighted by Crippen LogP contribution is -2.50. The first-order valence-electron chi connectivity index (χ1n) is 15.7. The van der Waals surface area contributed by atoms with E-state index in [0.717, 1.165) is 42.9 Å². The molecule has 48 heavy (non-hydrogen) atoms. The Balaban J connectivity index is 0.00000197. The third kappa shape index (κ3) is 6.02. The lowest BCUT2D eigenvalue weighted by atomic mass is 9.95. The lowest BCUT2D eigenvalue weighted by Gasteiger charge is -2.34. The number of nitriles is 1. The highest BCUT2D eigenvalue weighted by molar-refractivity contribution is 7.23. The van der Waals surface area contributed by atoms with Gasteiger partial charge in [0.25, 0.3) is 6.08 Å². The smallest absolute Gasteiger partial charge is 0.319 e. The maximum Gasteiger partial charge on any atom is 0.319 e. The lowest BCUT2D eigenvalue weighted by molar-refractivity contribution is 0.107. The van der Waals surface area contributed by atoms with Crippen molar-refractivity contribution in [1.82, 2.24) is 20.2 Å². The summed E-state index contributed by atoms with van der Waals surface area (Å²) >= 11 is 7.62. The van der Waals surface area contributed by atoms with Gasteiger partial charge in [0.05, 0.1) is 20.8 Å². The Morgan fingerprint density at radius 2 is 2.04 bits per heavy atom. The van der Waals surface area contributed by atoms with Crippen molar-refractivity contribution in [2.24, 2.45) is 0 Å². The molecule has 0 spiro atoms. The van der Waals surface area contributed by atoms with Gasteiger partial charge in [-0.25, -0.2) is 13.2 Å². The molecule has 0 amide bonds. The SMILES string of the molecule is CC.N#Cc1c(N)sc2c(F)ccc(-c3c(Cl)cc4c(N5CCNC(C=C(F)F)C5)nc(OCC56CCCN5C[C@H](F)C6)nc4c3F)c12. The average Bonchev–Trinajstić information content (AvgIpc) is 3.71. The topological polar surface area (TPSA) is 103 Å². The number of nitrogens with one attached hydrogen (secondary N) is 1. The molecule has 4 aromatic rings. The molecule has 0 radical (unpaired) electrons. The molecule has 3 aliphatic heterocycles. The van der Waals surface area contributed by atoms with Crippen LogP contribution in [-0.4, -0.2) is 72.0 Å². The van der Waals surface area contributed by atoms with Crippen molar-refractivity contribution < 1.29 is 26.7 Å². The van der Waals surface area contributed by atoms with E-state index in [4.69, 9.17) is 22.1 Å².